The van der Waals surface area contributed by atoms with Gasteiger partial charge in [0.15, 0.2) is 5.78 Å². The van der Waals surface area contributed by atoms with Crippen molar-refractivity contribution in [3.05, 3.63) is 0 Å². The number of hydrogen-bond acceptors (Lipinski definition) is 3. The van der Waals surface area contributed by atoms with Crippen LogP contribution in [0.1, 0.15) is 20.8 Å². The third-order valence-electron chi connectivity index (χ3n) is 1.42. The largest absolute Gasteiger partial charge is 0.390 e. The van der Waals surface area contributed by atoms with Gasteiger partial charge in [-0.15, -0.1) is 0 Å². The van der Waals surface area contributed by atoms with Gasteiger partial charge < -0.3 is 10.2 Å². The van der Waals surface area contributed by atoms with E-state index >= 15 is 0 Å². The van der Waals surface area contributed by atoms with E-state index in [0.29, 0.717) is 0 Å². The second-order valence-electron chi connectivity index (χ2n) is 2.79. The highest BCUT2D eigenvalue weighted by Gasteiger charge is 2.22. The molecule has 0 radical (unpaired) electrons. The van der Waals surface area contributed by atoms with Crippen molar-refractivity contribution >= 4 is 5.78 Å². The fraction of sp³-hybridized carbons (Fsp3) is 0.857. The molecule has 0 aliphatic heterocycles. The van der Waals surface area contributed by atoms with Crippen LogP contribution < -0.4 is 0 Å². The number of carbonyl (C=O) groups is 1. The summed E-state index contributed by atoms with van der Waals surface area (Å²) < 4.78 is 0. The highest BCUT2D eigenvalue weighted by Crippen LogP contribution is 2.06. The predicted octanol–water partition coefficient (Wildman–Crippen LogP) is -0.0468. The molecule has 0 aliphatic carbocycles. The molecule has 0 saturated carbocycles. The highest BCUT2D eigenvalue weighted by atomic mass is 16.3. The summed E-state index contributed by atoms with van der Waals surface area (Å²) in [5.74, 6) is -0.472. The number of aliphatic hydroxyl groups is 2. The van der Waals surface area contributed by atoms with Crippen LogP contribution in [0.3, 0.4) is 0 Å². The van der Waals surface area contributed by atoms with Crippen LogP contribution in [0.15, 0.2) is 0 Å². The standard InChI is InChI=1S/C7H14O3/c1-4(2)6(9)7(10)5(3)8/h4,6-7,9-10H,1-3H3. The van der Waals surface area contributed by atoms with Crippen molar-refractivity contribution in [3.8, 4) is 0 Å². The highest BCUT2D eigenvalue weighted by molar-refractivity contribution is 5.80. The first-order chi connectivity index (χ1) is 4.46. The van der Waals surface area contributed by atoms with E-state index < -0.39 is 12.2 Å². The lowest BCUT2D eigenvalue weighted by molar-refractivity contribution is -0.132. The monoisotopic (exact) mass is 146 g/mol. The molecule has 3 heteroatoms. The Morgan fingerprint density at radius 2 is 1.70 bits per heavy atom. The van der Waals surface area contributed by atoms with E-state index in [2.05, 4.69) is 0 Å². The lowest BCUT2D eigenvalue weighted by atomic mass is 10.00. The lowest BCUT2D eigenvalue weighted by Crippen LogP contribution is -2.35. The molecule has 0 spiro atoms. The molecule has 0 fully saturated rings. The van der Waals surface area contributed by atoms with Crippen LogP contribution in [0.4, 0.5) is 0 Å². The molecule has 0 aromatic carbocycles. The summed E-state index contributed by atoms with van der Waals surface area (Å²) in [4.78, 5) is 10.5. The van der Waals surface area contributed by atoms with Crippen molar-refractivity contribution in [1.29, 1.82) is 0 Å². The maximum absolute atomic E-state index is 10.5. The van der Waals surface area contributed by atoms with Gasteiger partial charge in [0.05, 0.1) is 6.10 Å². The lowest BCUT2D eigenvalue weighted by Gasteiger charge is -2.17. The first kappa shape index (κ1) is 9.59. The van der Waals surface area contributed by atoms with Crippen LogP contribution in [0.25, 0.3) is 0 Å². The average molecular weight is 146 g/mol. The van der Waals surface area contributed by atoms with Crippen LogP contribution in [0, 0.1) is 5.92 Å². The van der Waals surface area contributed by atoms with Crippen LogP contribution in [0.2, 0.25) is 0 Å². The predicted molar refractivity (Wildman–Crippen MR) is 37.5 cm³/mol. The van der Waals surface area contributed by atoms with Gasteiger partial charge in [-0.25, -0.2) is 0 Å². The molecule has 60 valence electrons. The Morgan fingerprint density at radius 3 is 1.80 bits per heavy atom. The average Bonchev–Trinajstić information content (AvgIpc) is 1.84. The number of aliphatic hydroxyl groups excluding tert-OH is 2. The number of Topliss-reactive ketones (excluding diaryl/α,β-unsaturated/α-hetero) is 1. The Labute approximate surface area is 60.7 Å². The molecular weight excluding hydrogens is 132 g/mol. The molecule has 0 rings (SSSR count). The molecule has 0 aromatic rings. The Balaban J connectivity index is 3.94. The zero-order valence-corrected chi connectivity index (χ0v) is 6.53. The summed E-state index contributed by atoms with van der Waals surface area (Å²) in [6.07, 6.45) is -2.16. The van der Waals surface area contributed by atoms with Crippen molar-refractivity contribution in [2.24, 2.45) is 5.92 Å². The van der Waals surface area contributed by atoms with Crippen LogP contribution in [-0.2, 0) is 4.79 Å². The molecular formula is C7H14O3. The Morgan fingerprint density at radius 1 is 1.30 bits per heavy atom. The number of ketones is 1. The minimum Gasteiger partial charge on any atom is -0.390 e. The fourth-order valence-electron chi connectivity index (χ4n) is 0.605. The molecule has 0 aromatic heterocycles. The quantitative estimate of drug-likeness (QED) is 0.587. The van der Waals surface area contributed by atoms with Crippen molar-refractivity contribution in [2.75, 3.05) is 0 Å². The normalized spacial score (nSPS) is 17.0. The van der Waals surface area contributed by atoms with E-state index in [9.17, 15) is 4.79 Å². The van der Waals surface area contributed by atoms with E-state index in [4.69, 9.17) is 10.2 Å². The van der Waals surface area contributed by atoms with E-state index in [1.807, 2.05) is 0 Å². The van der Waals surface area contributed by atoms with Gasteiger partial charge in [-0.05, 0) is 12.8 Å². The smallest absolute Gasteiger partial charge is 0.160 e. The van der Waals surface area contributed by atoms with E-state index in [1.165, 1.54) is 6.92 Å². The summed E-state index contributed by atoms with van der Waals surface area (Å²) in [7, 11) is 0. The molecule has 0 aliphatic rings. The first-order valence-electron chi connectivity index (χ1n) is 3.33. The molecule has 2 atom stereocenters. The van der Waals surface area contributed by atoms with Gasteiger partial charge in [0.25, 0.3) is 0 Å². The summed E-state index contributed by atoms with van der Waals surface area (Å²) in [6, 6.07) is 0. The van der Waals surface area contributed by atoms with E-state index in [1.54, 1.807) is 13.8 Å². The number of rotatable bonds is 3. The van der Waals surface area contributed by atoms with E-state index in [-0.39, 0.29) is 11.7 Å². The molecule has 3 nitrogen and oxygen atoms in total. The molecule has 0 heterocycles. The third kappa shape index (κ3) is 2.45. The molecule has 10 heavy (non-hydrogen) atoms. The minimum absolute atomic E-state index is 0.0844. The van der Waals surface area contributed by atoms with Gasteiger partial charge in [0, 0.05) is 0 Å². The van der Waals surface area contributed by atoms with Crippen molar-refractivity contribution in [1.82, 2.24) is 0 Å². The maximum Gasteiger partial charge on any atom is 0.160 e. The van der Waals surface area contributed by atoms with Crippen molar-refractivity contribution in [2.45, 2.75) is 33.0 Å². The van der Waals surface area contributed by atoms with Crippen molar-refractivity contribution in [3.63, 3.8) is 0 Å². The molecule has 2 unspecified atom stereocenters. The second-order valence-corrected chi connectivity index (χ2v) is 2.79. The number of hydrogen-bond donors (Lipinski definition) is 2. The second kappa shape index (κ2) is 3.68. The summed E-state index contributed by atoms with van der Waals surface area (Å²) >= 11 is 0. The molecule has 0 saturated heterocycles. The molecule has 0 amide bonds. The Bertz CT molecular complexity index is 120. The topological polar surface area (TPSA) is 57.5 Å². The van der Waals surface area contributed by atoms with Gasteiger partial charge in [-0.2, -0.15) is 0 Å². The number of carbonyl (C=O) groups excluding carboxylic acids is 1. The summed E-state index contributed by atoms with van der Waals surface area (Å²) in [5.41, 5.74) is 0. The zero-order chi connectivity index (χ0) is 8.31. The van der Waals surface area contributed by atoms with Crippen LogP contribution >= 0.6 is 0 Å². The fourth-order valence-corrected chi connectivity index (χ4v) is 0.605. The van der Waals surface area contributed by atoms with Crippen molar-refractivity contribution < 1.29 is 15.0 Å². The zero-order valence-electron chi connectivity index (χ0n) is 6.53. The van der Waals surface area contributed by atoms with Gasteiger partial charge in [0.1, 0.15) is 6.10 Å². The SMILES string of the molecule is CC(=O)C(O)C(O)C(C)C. The third-order valence-corrected chi connectivity index (χ3v) is 1.42. The van der Waals surface area contributed by atoms with Crippen LogP contribution in [0.5, 0.6) is 0 Å². The van der Waals surface area contributed by atoms with Crippen LogP contribution in [-0.4, -0.2) is 28.2 Å². The Hall–Kier alpha value is -0.410. The molecule has 2 N–H and O–H groups in total. The maximum atomic E-state index is 10.5. The first-order valence-corrected chi connectivity index (χ1v) is 3.33. The van der Waals surface area contributed by atoms with Gasteiger partial charge in [0.2, 0.25) is 0 Å². The van der Waals surface area contributed by atoms with E-state index in [0.717, 1.165) is 0 Å². The van der Waals surface area contributed by atoms with Gasteiger partial charge in [-0.1, -0.05) is 13.8 Å². The van der Waals surface area contributed by atoms with Gasteiger partial charge >= 0.3 is 0 Å². The molecule has 0 bridgehead atoms. The summed E-state index contributed by atoms with van der Waals surface area (Å²) in [5, 5.41) is 18.1. The summed E-state index contributed by atoms with van der Waals surface area (Å²) in [6.45, 7) is 4.75. The Kier molecular flexibility index (Phi) is 3.53. The minimum atomic E-state index is -1.22. The van der Waals surface area contributed by atoms with Gasteiger partial charge in [-0.3, -0.25) is 4.79 Å².